The summed E-state index contributed by atoms with van der Waals surface area (Å²) in [5, 5.41) is 3.40. The van der Waals surface area contributed by atoms with E-state index in [1.165, 1.54) is 11.3 Å². The first-order chi connectivity index (χ1) is 7.63. The highest BCUT2D eigenvalue weighted by Gasteiger charge is 2.01. The number of nitrogens with one attached hydrogen (secondary N) is 1. The molecule has 0 fully saturated rings. The number of rotatable bonds is 6. The Hall–Kier alpha value is -0.540. The van der Waals surface area contributed by atoms with E-state index in [0.717, 1.165) is 24.0 Å². The fourth-order valence-electron chi connectivity index (χ4n) is 1.51. The molecule has 0 amide bonds. The normalized spacial score (nSPS) is 10.8. The second-order valence-electron chi connectivity index (χ2n) is 4.00. The van der Waals surface area contributed by atoms with Gasteiger partial charge in [-0.3, -0.25) is 0 Å². The van der Waals surface area contributed by atoms with Crippen LogP contribution in [0.2, 0.25) is 0 Å². The molecule has 0 aliphatic heterocycles. The largest absolute Gasteiger partial charge is 0.383 e. The van der Waals surface area contributed by atoms with Crippen molar-refractivity contribution in [3.63, 3.8) is 0 Å². The maximum atomic E-state index is 5.49. The van der Waals surface area contributed by atoms with E-state index >= 15 is 0 Å². The number of aryl methyl sites for hydroxylation is 1. The minimum absolute atomic E-state index is 0.303. The molecule has 3 heteroatoms. The third kappa shape index (κ3) is 4.54. The van der Waals surface area contributed by atoms with Crippen LogP contribution in [0.15, 0.2) is 22.7 Å². The van der Waals surface area contributed by atoms with Crippen molar-refractivity contribution in [3.8, 4) is 0 Å². The van der Waals surface area contributed by atoms with E-state index in [2.05, 4.69) is 60.2 Å². The zero-order chi connectivity index (χ0) is 12.0. The molecule has 16 heavy (non-hydrogen) atoms. The van der Waals surface area contributed by atoms with Gasteiger partial charge in [0.25, 0.3) is 0 Å². The second-order valence-corrected chi connectivity index (χ2v) is 4.92. The summed E-state index contributed by atoms with van der Waals surface area (Å²) in [5.41, 5.74) is 2.54. The average molecular weight is 286 g/mol. The summed E-state index contributed by atoms with van der Waals surface area (Å²) in [4.78, 5) is 0. The third-order valence-corrected chi connectivity index (χ3v) is 2.81. The van der Waals surface area contributed by atoms with E-state index in [1.54, 1.807) is 0 Å². The van der Waals surface area contributed by atoms with E-state index in [1.807, 2.05) is 0 Å². The highest BCUT2D eigenvalue weighted by atomic mass is 79.9. The Labute approximate surface area is 107 Å². The van der Waals surface area contributed by atoms with Crippen LogP contribution in [0.5, 0.6) is 0 Å². The van der Waals surface area contributed by atoms with Gasteiger partial charge in [0.2, 0.25) is 0 Å². The molecule has 90 valence electrons. The van der Waals surface area contributed by atoms with Crippen molar-refractivity contribution in [2.24, 2.45) is 0 Å². The van der Waals surface area contributed by atoms with E-state index in [4.69, 9.17) is 4.74 Å². The van der Waals surface area contributed by atoms with E-state index < -0.39 is 0 Å². The average Bonchev–Trinajstić information content (AvgIpc) is 2.25. The Morgan fingerprint density at radius 2 is 2.12 bits per heavy atom. The predicted octanol–water partition coefficient (Wildman–Crippen LogP) is 3.85. The maximum Gasteiger partial charge on any atom is 0.0642 e. The third-order valence-electron chi connectivity index (χ3n) is 2.32. The molecular weight excluding hydrogens is 266 g/mol. The monoisotopic (exact) mass is 285 g/mol. The molecule has 1 N–H and O–H groups in total. The summed E-state index contributed by atoms with van der Waals surface area (Å²) in [7, 11) is 0. The molecule has 1 aromatic carbocycles. The van der Waals surface area contributed by atoms with Crippen molar-refractivity contribution in [2.45, 2.75) is 33.3 Å². The van der Waals surface area contributed by atoms with Gasteiger partial charge in [-0.05, 0) is 44.0 Å². The SMILES string of the molecule is CCc1cc(Br)ccc1NCCOC(C)C. The van der Waals surface area contributed by atoms with Crippen molar-refractivity contribution in [1.29, 1.82) is 0 Å². The summed E-state index contributed by atoms with van der Waals surface area (Å²) in [6.07, 6.45) is 1.34. The quantitative estimate of drug-likeness (QED) is 0.802. The van der Waals surface area contributed by atoms with Gasteiger partial charge < -0.3 is 10.1 Å². The molecule has 0 saturated carbocycles. The molecule has 0 aromatic heterocycles. The van der Waals surface area contributed by atoms with Crippen LogP contribution in [0.25, 0.3) is 0 Å². The van der Waals surface area contributed by atoms with Crippen molar-refractivity contribution in [3.05, 3.63) is 28.2 Å². The summed E-state index contributed by atoms with van der Waals surface area (Å²) in [6, 6.07) is 6.33. The molecule has 1 aromatic rings. The molecule has 2 nitrogen and oxygen atoms in total. The summed E-state index contributed by atoms with van der Waals surface area (Å²) >= 11 is 3.49. The summed E-state index contributed by atoms with van der Waals surface area (Å²) in [5.74, 6) is 0. The van der Waals surface area contributed by atoms with Gasteiger partial charge in [-0.15, -0.1) is 0 Å². The Balaban J connectivity index is 2.47. The van der Waals surface area contributed by atoms with Crippen molar-refractivity contribution in [1.82, 2.24) is 0 Å². The predicted molar refractivity (Wildman–Crippen MR) is 73.1 cm³/mol. The highest BCUT2D eigenvalue weighted by molar-refractivity contribution is 9.10. The van der Waals surface area contributed by atoms with Crippen LogP contribution in [0.3, 0.4) is 0 Å². The number of halogens is 1. The number of hydrogen-bond donors (Lipinski definition) is 1. The van der Waals surface area contributed by atoms with Gasteiger partial charge in [0.15, 0.2) is 0 Å². The fourth-order valence-corrected chi connectivity index (χ4v) is 1.92. The fraction of sp³-hybridized carbons (Fsp3) is 0.538. The molecule has 0 radical (unpaired) electrons. The maximum absolute atomic E-state index is 5.49. The lowest BCUT2D eigenvalue weighted by Gasteiger charge is -2.12. The van der Waals surface area contributed by atoms with Crippen molar-refractivity contribution >= 4 is 21.6 Å². The van der Waals surface area contributed by atoms with E-state index in [-0.39, 0.29) is 0 Å². The molecular formula is C13H20BrNO. The highest BCUT2D eigenvalue weighted by Crippen LogP contribution is 2.21. The Morgan fingerprint density at radius 3 is 2.75 bits per heavy atom. The summed E-state index contributed by atoms with van der Waals surface area (Å²) in [6.45, 7) is 7.87. The Morgan fingerprint density at radius 1 is 1.38 bits per heavy atom. The summed E-state index contributed by atoms with van der Waals surface area (Å²) < 4.78 is 6.62. The van der Waals surface area contributed by atoms with Crippen LogP contribution < -0.4 is 5.32 Å². The topological polar surface area (TPSA) is 21.3 Å². The first kappa shape index (κ1) is 13.5. The van der Waals surface area contributed by atoms with Crippen LogP contribution in [-0.2, 0) is 11.2 Å². The lowest BCUT2D eigenvalue weighted by molar-refractivity contribution is 0.0870. The molecule has 0 bridgehead atoms. The first-order valence-corrected chi connectivity index (χ1v) is 6.56. The molecule has 1 rings (SSSR count). The zero-order valence-corrected chi connectivity index (χ0v) is 11.8. The minimum atomic E-state index is 0.303. The van der Waals surface area contributed by atoms with Gasteiger partial charge in [0.1, 0.15) is 0 Å². The van der Waals surface area contributed by atoms with Crippen LogP contribution in [0.4, 0.5) is 5.69 Å². The molecule has 0 aliphatic rings. The Bertz CT molecular complexity index is 326. The lowest BCUT2D eigenvalue weighted by Crippen LogP contribution is -2.13. The van der Waals surface area contributed by atoms with Crippen LogP contribution in [0, 0.1) is 0 Å². The molecule has 0 saturated heterocycles. The number of hydrogen-bond acceptors (Lipinski definition) is 2. The zero-order valence-electron chi connectivity index (χ0n) is 10.2. The second kappa shape index (κ2) is 6.92. The van der Waals surface area contributed by atoms with Crippen molar-refractivity contribution < 1.29 is 4.74 Å². The smallest absolute Gasteiger partial charge is 0.0642 e. The van der Waals surface area contributed by atoms with Crippen LogP contribution in [0.1, 0.15) is 26.3 Å². The molecule has 0 aliphatic carbocycles. The van der Waals surface area contributed by atoms with Gasteiger partial charge in [-0.25, -0.2) is 0 Å². The minimum Gasteiger partial charge on any atom is -0.383 e. The van der Waals surface area contributed by atoms with Gasteiger partial charge in [0, 0.05) is 16.7 Å². The van der Waals surface area contributed by atoms with Crippen LogP contribution in [-0.4, -0.2) is 19.3 Å². The molecule has 0 unspecified atom stereocenters. The van der Waals surface area contributed by atoms with Crippen molar-refractivity contribution in [2.75, 3.05) is 18.5 Å². The lowest BCUT2D eigenvalue weighted by atomic mass is 10.1. The van der Waals surface area contributed by atoms with E-state index in [0.29, 0.717) is 6.10 Å². The standard InChI is InChI=1S/C13H20BrNO/c1-4-11-9-12(14)5-6-13(11)15-7-8-16-10(2)3/h5-6,9-10,15H,4,7-8H2,1-3H3. The number of benzene rings is 1. The van der Waals surface area contributed by atoms with E-state index in [9.17, 15) is 0 Å². The molecule has 0 atom stereocenters. The van der Waals surface area contributed by atoms with Gasteiger partial charge in [-0.1, -0.05) is 22.9 Å². The molecule has 0 heterocycles. The van der Waals surface area contributed by atoms with Gasteiger partial charge >= 0.3 is 0 Å². The number of anilines is 1. The Kier molecular flexibility index (Phi) is 5.85. The molecule has 0 spiro atoms. The van der Waals surface area contributed by atoms with Gasteiger partial charge in [-0.2, -0.15) is 0 Å². The van der Waals surface area contributed by atoms with Gasteiger partial charge in [0.05, 0.1) is 12.7 Å². The first-order valence-electron chi connectivity index (χ1n) is 5.77. The number of ether oxygens (including phenoxy) is 1. The van der Waals surface area contributed by atoms with Crippen LogP contribution >= 0.6 is 15.9 Å².